The van der Waals surface area contributed by atoms with Gasteiger partial charge in [0.05, 0.1) is 0 Å². The summed E-state index contributed by atoms with van der Waals surface area (Å²) in [5.41, 5.74) is 0. The molecule has 0 aromatic rings. The number of amides is 2. The first-order valence-electron chi connectivity index (χ1n) is 8.54. The van der Waals surface area contributed by atoms with E-state index in [4.69, 9.17) is 0 Å². The summed E-state index contributed by atoms with van der Waals surface area (Å²) < 4.78 is 0. The van der Waals surface area contributed by atoms with Crippen molar-refractivity contribution in [2.24, 2.45) is 0 Å². The molecule has 0 bridgehead atoms. The van der Waals surface area contributed by atoms with Crippen molar-refractivity contribution < 1.29 is 9.59 Å². The second-order valence-electron chi connectivity index (χ2n) is 6.04. The van der Waals surface area contributed by atoms with Crippen molar-refractivity contribution in [2.75, 3.05) is 31.9 Å². The highest BCUT2D eigenvalue weighted by Gasteiger charge is 2.21. The van der Waals surface area contributed by atoms with Crippen LogP contribution >= 0.6 is 21.6 Å². The van der Waals surface area contributed by atoms with Gasteiger partial charge in [0.25, 0.3) is 0 Å². The van der Waals surface area contributed by atoms with E-state index in [0.29, 0.717) is 25.9 Å². The van der Waals surface area contributed by atoms with E-state index >= 15 is 0 Å². The van der Waals surface area contributed by atoms with Crippen LogP contribution in [0.1, 0.15) is 51.9 Å². The molecule has 126 valence electrons. The van der Waals surface area contributed by atoms with Crippen LogP contribution in [0.5, 0.6) is 0 Å². The predicted molar refractivity (Wildman–Crippen MR) is 95.0 cm³/mol. The van der Waals surface area contributed by atoms with Crippen LogP contribution < -0.4 is 0 Å². The highest BCUT2D eigenvalue weighted by atomic mass is 33.1. The second-order valence-corrected chi connectivity index (χ2v) is 8.83. The zero-order chi connectivity index (χ0) is 15.8. The summed E-state index contributed by atoms with van der Waals surface area (Å²) in [5.74, 6) is 1.77. The van der Waals surface area contributed by atoms with Crippen LogP contribution in [0.15, 0.2) is 0 Å². The maximum Gasteiger partial charge on any atom is 0.222 e. The molecular weight excluding hydrogens is 316 g/mol. The molecule has 2 fully saturated rings. The fourth-order valence-electron chi connectivity index (χ4n) is 3.01. The maximum atomic E-state index is 12.3. The third-order valence-corrected chi connectivity index (χ3v) is 7.40. The Balaban J connectivity index is 1.63. The second kappa shape index (κ2) is 9.71. The summed E-state index contributed by atoms with van der Waals surface area (Å²) in [6, 6.07) is 0. The monoisotopic (exact) mass is 344 g/mol. The van der Waals surface area contributed by atoms with Gasteiger partial charge in [-0.3, -0.25) is 9.59 Å². The number of hydrogen-bond donors (Lipinski definition) is 0. The lowest BCUT2D eigenvalue weighted by atomic mass is 10.1. The molecular formula is C16H28N2O2S2. The van der Waals surface area contributed by atoms with Crippen LogP contribution in [0, 0.1) is 0 Å². The van der Waals surface area contributed by atoms with Crippen LogP contribution in [0.3, 0.4) is 0 Å². The highest BCUT2D eigenvalue weighted by Crippen LogP contribution is 2.39. The van der Waals surface area contributed by atoms with Crippen molar-refractivity contribution in [1.82, 2.24) is 9.80 Å². The van der Waals surface area contributed by atoms with Gasteiger partial charge < -0.3 is 9.80 Å². The minimum atomic E-state index is 0.209. The van der Waals surface area contributed by atoms with E-state index in [1.54, 1.807) is 0 Å². The molecule has 0 aliphatic carbocycles. The Morgan fingerprint density at radius 1 is 1.05 bits per heavy atom. The average molecular weight is 345 g/mol. The van der Waals surface area contributed by atoms with E-state index < -0.39 is 0 Å². The molecule has 0 spiro atoms. The van der Waals surface area contributed by atoms with E-state index in [1.165, 1.54) is 18.6 Å². The van der Waals surface area contributed by atoms with Gasteiger partial charge in [0, 0.05) is 50.0 Å². The standard InChI is InChI=1S/C16H28N2O2S2/c1-2-15(19)17-9-5-10-18(12-11-17)16(20)7-4-3-6-14-8-13-21-22-14/h14H,2-13H2,1H3. The van der Waals surface area contributed by atoms with Gasteiger partial charge in [-0.25, -0.2) is 0 Å². The smallest absolute Gasteiger partial charge is 0.222 e. The molecule has 2 heterocycles. The molecule has 1 unspecified atom stereocenters. The quantitative estimate of drug-likeness (QED) is 0.548. The lowest BCUT2D eigenvalue weighted by Crippen LogP contribution is -2.37. The topological polar surface area (TPSA) is 40.6 Å². The van der Waals surface area contributed by atoms with Crippen molar-refractivity contribution >= 4 is 33.4 Å². The number of carbonyl (C=O) groups is 2. The average Bonchev–Trinajstić information content (AvgIpc) is 2.92. The summed E-state index contributed by atoms with van der Waals surface area (Å²) in [4.78, 5) is 27.9. The number of hydrogen-bond acceptors (Lipinski definition) is 4. The first-order chi connectivity index (χ1) is 10.7. The Labute approximate surface area is 142 Å². The Morgan fingerprint density at radius 2 is 1.77 bits per heavy atom. The van der Waals surface area contributed by atoms with Gasteiger partial charge >= 0.3 is 0 Å². The molecule has 2 aliphatic heterocycles. The first-order valence-corrected chi connectivity index (χ1v) is 10.9. The first kappa shape index (κ1) is 18.0. The van der Waals surface area contributed by atoms with Gasteiger partial charge in [0.15, 0.2) is 0 Å². The molecule has 2 aliphatic rings. The van der Waals surface area contributed by atoms with E-state index in [1.807, 2.05) is 38.3 Å². The van der Waals surface area contributed by atoms with E-state index in [9.17, 15) is 9.59 Å². The van der Waals surface area contributed by atoms with Gasteiger partial charge in [0.2, 0.25) is 11.8 Å². The number of rotatable bonds is 6. The zero-order valence-electron chi connectivity index (χ0n) is 13.6. The normalized spacial score (nSPS) is 22.7. The van der Waals surface area contributed by atoms with Crippen molar-refractivity contribution in [3.63, 3.8) is 0 Å². The number of unbranched alkanes of at least 4 members (excludes halogenated alkanes) is 1. The van der Waals surface area contributed by atoms with Gasteiger partial charge in [-0.2, -0.15) is 0 Å². The van der Waals surface area contributed by atoms with Gasteiger partial charge in [0.1, 0.15) is 0 Å². The Morgan fingerprint density at radius 3 is 2.41 bits per heavy atom. The lowest BCUT2D eigenvalue weighted by molar-refractivity contribution is -0.133. The summed E-state index contributed by atoms with van der Waals surface area (Å²) in [6.45, 7) is 4.92. The lowest BCUT2D eigenvalue weighted by Gasteiger charge is -2.22. The Bertz CT molecular complexity index is 373. The van der Waals surface area contributed by atoms with E-state index in [0.717, 1.165) is 37.6 Å². The molecule has 0 aromatic heterocycles. The highest BCUT2D eigenvalue weighted by molar-refractivity contribution is 8.77. The van der Waals surface area contributed by atoms with Crippen LogP contribution in [0.4, 0.5) is 0 Å². The van der Waals surface area contributed by atoms with E-state index in [2.05, 4.69) is 0 Å². The van der Waals surface area contributed by atoms with Crippen molar-refractivity contribution in [1.29, 1.82) is 0 Å². The molecule has 0 aromatic carbocycles. The summed E-state index contributed by atoms with van der Waals surface area (Å²) in [6.07, 6.45) is 6.90. The van der Waals surface area contributed by atoms with Gasteiger partial charge in [-0.05, 0) is 25.7 Å². The summed E-state index contributed by atoms with van der Waals surface area (Å²) in [5, 5.41) is 0.812. The molecule has 2 rings (SSSR count). The molecule has 0 radical (unpaired) electrons. The molecule has 2 amide bonds. The van der Waals surface area contributed by atoms with Crippen LogP contribution in [-0.2, 0) is 9.59 Å². The Hall–Kier alpha value is -0.360. The van der Waals surface area contributed by atoms with Crippen molar-refractivity contribution in [3.8, 4) is 0 Å². The SMILES string of the molecule is CCC(=O)N1CCCN(C(=O)CCCCC2CCSS2)CC1. The molecule has 6 heteroatoms. The molecule has 1 atom stereocenters. The van der Waals surface area contributed by atoms with Gasteiger partial charge in [-0.15, -0.1) is 0 Å². The summed E-state index contributed by atoms with van der Waals surface area (Å²) >= 11 is 0. The molecule has 0 N–H and O–H groups in total. The van der Waals surface area contributed by atoms with Crippen molar-refractivity contribution in [2.45, 2.75) is 57.1 Å². The third-order valence-electron chi connectivity index (χ3n) is 4.40. The third kappa shape index (κ3) is 5.69. The minimum Gasteiger partial charge on any atom is -0.341 e. The molecule has 4 nitrogen and oxygen atoms in total. The molecule has 0 saturated carbocycles. The minimum absolute atomic E-state index is 0.209. The zero-order valence-corrected chi connectivity index (χ0v) is 15.2. The number of nitrogens with zero attached hydrogens (tertiary/aromatic N) is 2. The Kier molecular flexibility index (Phi) is 7.94. The summed E-state index contributed by atoms with van der Waals surface area (Å²) in [7, 11) is 4.01. The largest absolute Gasteiger partial charge is 0.341 e. The predicted octanol–water partition coefficient (Wildman–Crippen LogP) is 3.17. The van der Waals surface area contributed by atoms with Crippen LogP contribution in [0.2, 0.25) is 0 Å². The molecule has 2 saturated heterocycles. The maximum absolute atomic E-state index is 12.3. The van der Waals surface area contributed by atoms with Crippen LogP contribution in [0.25, 0.3) is 0 Å². The fraction of sp³-hybridized carbons (Fsp3) is 0.875. The fourth-order valence-corrected chi connectivity index (χ4v) is 6.04. The van der Waals surface area contributed by atoms with Crippen LogP contribution in [-0.4, -0.2) is 58.8 Å². The number of carbonyl (C=O) groups excluding carboxylic acids is 2. The van der Waals surface area contributed by atoms with Crippen molar-refractivity contribution in [3.05, 3.63) is 0 Å². The van der Waals surface area contributed by atoms with E-state index in [-0.39, 0.29) is 11.8 Å². The molecule has 22 heavy (non-hydrogen) atoms. The van der Waals surface area contributed by atoms with Gasteiger partial charge in [-0.1, -0.05) is 34.9 Å².